The quantitative estimate of drug-likeness (QED) is 0.784. The lowest BCUT2D eigenvalue weighted by Gasteiger charge is -2.30. The Balaban J connectivity index is 1.49. The number of hydrogen-bond acceptors (Lipinski definition) is 3. The molecule has 1 atom stereocenters. The maximum absolute atomic E-state index is 12.2. The smallest absolute Gasteiger partial charge is 0.268 e. The Morgan fingerprint density at radius 2 is 2.08 bits per heavy atom. The molecular formula is C19H25N3O2. The average Bonchev–Trinajstić information content (AvgIpc) is 2.91. The lowest BCUT2D eigenvalue weighted by atomic mass is 10.00. The molecule has 5 nitrogen and oxygen atoms in total. The number of β-amino-alcohol motifs (C(OH)–C–C–N with tert-alkyl or cyclic N) is 1. The van der Waals surface area contributed by atoms with Gasteiger partial charge in [0.2, 0.25) is 0 Å². The topological polar surface area (TPSA) is 68.4 Å². The van der Waals surface area contributed by atoms with Gasteiger partial charge in [0.1, 0.15) is 5.69 Å². The molecule has 1 aromatic heterocycles. The lowest BCUT2D eigenvalue weighted by Crippen LogP contribution is -2.42. The Labute approximate surface area is 142 Å². The molecule has 1 unspecified atom stereocenters. The van der Waals surface area contributed by atoms with Crippen molar-refractivity contribution in [2.24, 2.45) is 0 Å². The van der Waals surface area contributed by atoms with Crippen molar-refractivity contribution < 1.29 is 9.90 Å². The number of aromatic nitrogens is 1. The van der Waals surface area contributed by atoms with E-state index in [0.717, 1.165) is 30.8 Å². The van der Waals surface area contributed by atoms with Crippen LogP contribution in [-0.4, -0.2) is 46.6 Å². The van der Waals surface area contributed by atoms with E-state index >= 15 is 0 Å². The fourth-order valence-corrected chi connectivity index (χ4v) is 3.34. The molecule has 2 heterocycles. The zero-order valence-electron chi connectivity index (χ0n) is 14.3. The van der Waals surface area contributed by atoms with E-state index < -0.39 is 6.10 Å². The molecule has 24 heavy (non-hydrogen) atoms. The van der Waals surface area contributed by atoms with Crippen molar-refractivity contribution in [2.45, 2.75) is 32.9 Å². The van der Waals surface area contributed by atoms with Gasteiger partial charge in [0.15, 0.2) is 0 Å². The summed E-state index contributed by atoms with van der Waals surface area (Å²) >= 11 is 0. The SMILES string of the molecule is Cc1cc(C)c(C(=O)NCC(O)CN2CCc3ccccc3C2)[nH]1. The van der Waals surface area contributed by atoms with Gasteiger partial charge in [-0.25, -0.2) is 0 Å². The number of carbonyl (C=O) groups is 1. The standard InChI is InChI=1S/C19H25N3O2/c1-13-9-14(2)21-18(13)19(24)20-10-17(23)12-22-8-7-15-5-3-4-6-16(15)11-22/h3-6,9,17,21,23H,7-8,10-12H2,1-2H3,(H,20,24). The monoisotopic (exact) mass is 327 g/mol. The first-order chi connectivity index (χ1) is 11.5. The van der Waals surface area contributed by atoms with Crippen molar-refractivity contribution in [1.82, 2.24) is 15.2 Å². The van der Waals surface area contributed by atoms with Crippen LogP contribution < -0.4 is 5.32 Å². The minimum Gasteiger partial charge on any atom is -0.390 e. The van der Waals surface area contributed by atoms with Crippen LogP contribution in [0.1, 0.15) is 32.9 Å². The third-order valence-corrected chi connectivity index (χ3v) is 4.55. The molecule has 1 amide bonds. The number of rotatable bonds is 5. The van der Waals surface area contributed by atoms with Crippen molar-refractivity contribution in [2.75, 3.05) is 19.6 Å². The molecule has 0 aliphatic carbocycles. The summed E-state index contributed by atoms with van der Waals surface area (Å²) in [6, 6.07) is 10.4. The molecule has 0 spiro atoms. The lowest BCUT2D eigenvalue weighted by molar-refractivity contribution is 0.0838. The average molecular weight is 327 g/mol. The van der Waals surface area contributed by atoms with Gasteiger partial charge in [-0.3, -0.25) is 9.69 Å². The number of H-pyrrole nitrogens is 1. The second kappa shape index (κ2) is 7.20. The summed E-state index contributed by atoms with van der Waals surface area (Å²) in [6.07, 6.45) is 0.437. The zero-order valence-corrected chi connectivity index (χ0v) is 14.3. The van der Waals surface area contributed by atoms with Crippen LogP contribution in [0, 0.1) is 13.8 Å². The van der Waals surface area contributed by atoms with Gasteiger partial charge in [0, 0.05) is 31.9 Å². The Morgan fingerprint density at radius 3 is 2.79 bits per heavy atom. The highest BCUT2D eigenvalue weighted by Gasteiger charge is 2.19. The van der Waals surface area contributed by atoms with E-state index in [2.05, 4.69) is 39.5 Å². The molecule has 0 fully saturated rings. The number of aliphatic hydroxyl groups is 1. The molecular weight excluding hydrogens is 302 g/mol. The van der Waals surface area contributed by atoms with Crippen LogP contribution >= 0.6 is 0 Å². The van der Waals surface area contributed by atoms with Crippen molar-refractivity contribution >= 4 is 5.91 Å². The number of nitrogens with one attached hydrogen (secondary N) is 2. The van der Waals surface area contributed by atoms with E-state index in [1.165, 1.54) is 11.1 Å². The summed E-state index contributed by atoms with van der Waals surface area (Å²) in [7, 11) is 0. The van der Waals surface area contributed by atoms with Crippen LogP contribution in [0.25, 0.3) is 0 Å². The van der Waals surface area contributed by atoms with Gasteiger partial charge in [-0.2, -0.15) is 0 Å². The second-order valence-corrected chi connectivity index (χ2v) is 6.63. The zero-order chi connectivity index (χ0) is 17.1. The third-order valence-electron chi connectivity index (χ3n) is 4.55. The summed E-state index contributed by atoms with van der Waals surface area (Å²) in [4.78, 5) is 17.5. The first-order valence-corrected chi connectivity index (χ1v) is 8.44. The van der Waals surface area contributed by atoms with Crippen molar-refractivity contribution in [1.29, 1.82) is 0 Å². The molecule has 0 bridgehead atoms. The van der Waals surface area contributed by atoms with Crippen LogP contribution in [0.2, 0.25) is 0 Å². The predicted molar refractivity (Wildman–Crippen MR) is 94.0 cm³/mol. The number of aromatic amines is 1. The number of nitrogens with zero attached hydrogens (tertiary/aromatic N) is 1. The molecule has 5 heteroatoms. The van der Waals surface area contributed by atoms with Gasteiger partial charge in [-0.15, -0.1) is 0 Å². The van der Waals surface area contributed by atoms with Gasteiger partial charge in [0.05, 0.1) is 6.10 Å². The van der Waals surface area contributed by atoms with Gasteiger partial charge in [0.25, 0.3) is 5.91 Å². The normalized spacial score (nSPS) is 15.8. The number of carbonyl (C=O) groups excluding carboxylic acids is 1. The highest BCUT2D eigenvalue weighted by atomic mass is 16.3. The summed E-state index contributed by atoms with van der Waals surface area (Å²) in [5, 5.41) is 13.1. The number of amides is 1. The molecule has 0 saturated heterocycles. The number of fused-ring (bicyclic) bond motifs is 1. The van der Waals surface area contributed by atoms with Gasteiger partial charge < -0.3 is 15.4 Å². The number of aryl methyl sites for hydroxylation is 2. The molecule has 3 rings (SSSR count). The summed E-state index contributed by atoms with van der Waals surface area (Å²) in [5.74, 6) is -0.163. The van der Waals surface area contributed by atoms with Gasteiger partial charge in [-0.1, -0.05) is 24.3 Å². The molecule has 0 radical (unpaired) electrons. The largest absolute Gasteiger partial charge is 0.390 e. The molecule has 0 saturated carbocycles. The Hall–Kier alpha value is -2.11. The second-order valence-electron chi connectivity index (χ2n) is 6.63. The van der Waals surface area contributed by atoms with Gasteiger partial charge >= 0.3 is 0 Å². The van der Waals surface area contributed by atoms with Crippen LogP contribution in [-0.2, 0) is 13.0 Å². The van der Waals surface area contributed by atoms with Crippen LogP contribution in [0.5, 0.6) is 0 Å². The first kappa shape index (κ1) is 16.7. The molecule has 2 aromatic rings. The maximum atomic E-state index is 12.2. The molecule has 128 valence electrons. The maximum Gasteiger partial charge on any atom is 0.268 e. The minimum absolute atomic E-state index is 0.163. The van der Waals surface area contributed by atoms with E-state index in [0.29, 0.717) is 12.2 Å². The fraction of sp³-hybridized carbons (Fsp3) is 0.421. The third kappa shape index (κ3) is 3.86. The summed E-state index contributed by atoms with van der Waals surface area (Å²) in [5.41, 5.74) is 5.19. The van der Waals surface area contributed by atoms with Crippen LogP contribution in [0.15, 0.2) is 30.3 Å². The molecule has 1 aromatic carbocycles. The highest BCUT2D eigenvalue weighted by Crippen LogP contribution is 2.18. The van der Waals surface area contributed by atoms with Crippen molar-refractivity contribution in [3.8, 4) is 0 Å². The minimum atomic E-state index is -0.574. The molecule has 1 aliphatic heterocycles. The highest BCUT2D eigenvalue weighted by molar-refractivity contribution is 5.94. The van der Waals surface area contributed by atoms with E-state index in [9.17, 15) is 9.90 Å². The predicted octanol–water partition coefficient (Wildman–Crippen LogP) is 1.78. The number of aliphatic hydroxyl groups excluding tert-OH is 1. The Morgan fingerprint density at radius 1 is 1.33 bits per heavy atom. The van der Waals surface area contributed by atoms with Crippen molar-refractivity contribution in [3.05, 3.63) is 58.4 Å². The molecule has 1 aliphatic rings. The van der Waals surface area contributed by atoms with Crippen LogP contribution in [0.3, 0.4) is 0 Å². The summed E-state index contributed by atoms with van der Waals surface area (Å²) in [6.45, 7) is 6.45. The number of hydrogen-bond donors (Lipinski definition) is 3. The Kier molecular flexibility index (Phi) is 5.02. The van der Waals surface area contributed by atoms with E-state index in [4.69, 9.17) is 0 Å². The fourth-order valence-electron chi connectivity index (χ4n) is 3.34. The van der Waals surface area contributed by atoms with Crippen LogP contribution in [0.4, 0.5) is 0 Å². The van der Waals surface area contributed by atoms with Crippen molar-refractivity contribution in [3.63, 3.8) is 0 Å². The molecule has 3 N–H and O–H groups in total. The number of benzene rings is 1. The summed E-state index contributed by atoms with van der Waals surface area (Å²) < 4.78 is 0. The van der Waals surface area contributed by atoms with Gasteiger partial charge in [-0.05, 0) is 43.0 Å². The van der Waals surface area contributed by atoms with E-state index in [1.54, 1.807) is 0 Å². The Bertz CT molecular complexity index is 723. The van der Waals surface area contributed by atoms with E-state index in [1.807, 2.05) is 19.9 Å². The first-order valence-electron chi connectivity index (χ1n) is 8.44. The van der Waals surface area contributed by atoms with E-state index in [-0.39, 0.29) is 12.5 Å².